The molecule has 0 aromatic heterocycles. The maximum atomic E-state index is 5.69. The number of hydrogen-bond acceptors (Lipinski definition) is 4. The highest BCUT2D eigenvalue weighted by atomic mass is 32.1. The van der Waals surface area contributed by atoms with E-state index in [0.717, 1.165) is 42.1 Å². The van der Waals surface area contributed by atoms with E-state index in [2.05, 4.69) is 59.2 Å². The summed E-state index contributed by atoms with van der Waals surface area (Å²) in [5.41, 5.74) is 5.18. The van der Waals surface area contributed by atoms with E-state index in [1.807, 2.05) is 18.2 Å². The van der Waals surface area contributed by atoms with E-state index >= 15 is 0 Å². The summed E-state index contributed by atoms with van der Waals surface area (Å²) >= 11 is 5.69. The van der Waals surface area contributed by atoms with Crippen LogP contribution in [0.25, 0.3) is 0 Å². The van der Waals surface area contributed by atoms with E-state index in [0.29, 0.717) is 17.6 Å². The van der Waals surface area contributed by atoms with Crippen molar-refractivity contribution in [1.29, 1.82) is 0 Å². The van der Waals surface area contributed by atoms with Crippen molar-refractivity contribution in [2.24, 2.45) is 0 Å². The van der Waals surface area contributed by atoms with E-state index in [-0.39, 0.29) is 12.8 Å². The van der Waals surface area contributed by atoms with Crippen molar-refractivity contribution < 1.29 is 14.2 Å². The van der Waals surface area contributed by atoms with Gasteiger partial charge in [-0.25, -0.2) is 0 Å². The normalized spacial score (nSPS) is 18.3. The van der Waals surface area contributed by atoms with Gasteiger partial charge in [-0.2, -0.15) is 0 Å². The third-order valence-corrected chi connectivity index (χ3v) is 6.73. The number of nitrogens with one attached hydrogen (secondary N) is 2. The van der Waals surface area contributed by atoms with Gasteiger partial charge >= 0.3 is 0 Å². The molecule has 0 radical (unpaired) electrons. The number of hydrogen-bond donors (Lipinski definition) is 2. The van der Waals surface area contributed by atoms with Gasteiger partial charge in [0.05, 0.1) is 7.11 Å². The van der Waals surface area contributed by atoms with Gasteiger partial charge in [0.1, 0.15) is 5.75 Å². The second-order valence-electron chi connectivity index (χ2n) is 8.52. The Hall–Kier alpha value is -3.25. The lowest BCUT2D eigenvalue weighted by molar-refractivity contribution is 0.174. The number of methoxy groups -OCH3 is 1. The molecule has 1 aliphatic heterocycles. The van der Waals surface area contributed by atoms with E-state index in [1.54, 1.807) is 7.11 Å². The molecule has 170 valence electrons. The fraction of sp³-hybridized carbons (Fsp3) is 0.296. The van der Waals surface area contributed by atoms with Gasteiger partial charge in [0.2, 0.25) is 6.79 Å². The summed E-state index contributed by atoms with van der Waals surface area (Å²) in [6.45, 7) is 0.913. The van der Waals surface area contributed by atoms with Crippen LogP contribution in [0, 0.1) is 0 Å². The molecule has 5 nitrogen and oxygen atoms in total. The molecule has 0 bridgehead atoms. The maximum Gasteiger partial charge on any atom is 0.231 e. The molecular formula is C27H28N2O3S. The monoisotopic (exact) mass is 460 g/mol. The number of rotatable bonds is 6. The molecule has 2 aliphatic rings. The van der Waals surface area contributed by atoms with Crippen molar-refractivity contribution in [3.05, 3.63) is 89.0 Å². The first kappa shape index (κ1) is 21.6. The number of aryl methyl sites for hydroxylation is 1. The molecular weight excluding hydrogens is 432 g/mol. The summed E-state index contributed by atoms with van der Waals surface area (Å²) in [7, 11) is 1.72. The summed E-state index contributed by atoms with van der Waals surface area (Å²) in [6.07, 6.45) is 2.98. The second kappa shape index (κ2) is 9.71. The number of benzene rings is 3. The summed E-state index contributed by atoms with van der Waals surface area (Å²) < 4.78 is 16.3. The average Bonchev–Trinajstić information content (AvgIpc) is 3.32. The number of fused-ring (bicyclic) bond motifs is 2. The zero-order valence-corrected chi connectivity index (χ0v) is 19.5. The van der Waals surface area contributed by atoms with Crippen LogP contribution in [0.2, 0.25) is 0 Å². The topological polar surface area (TPSA) is 51.8 Å². The van der Waals surface area contributed by atoms with E-state index in [4.69, 9.17) is 26.4 Å². The van der Waals surface area contributed by atoms with Crippen molar-refractivity contribution >= 4 is 17.3 Å². The molecule has 6 heteroatoms. The van der Waals surface area contributed by atoms with Crippen molar-refractivity contribution in [2.75, 3.05) is 13.9 Å². The average molecular weight is 461 g/mol. The highest BCUT2D eigenvalue weighted by molar-refractivity contribution is 7.80. The Morgan fingerprint density at radius 2 is 1.85 bits per heavy atom. The van der Waals surface area contributed by atoms with Gasteiger partial charge in [-0.05, 0) is 78.0 Å². The molecule has 0 saturated heterocycles. The fourth-order valence-electron chi connectivity index (χ4n) is 4.76. The van der Waals surface area contributed by atoms with Gasteiger partial charge in [0, 0.05) is 18.5 Å². The van der Waals surface area contributed by atoms with E-state index < -0.39 is 0 Å². The van der Waals surface area contributed by atoms with Crippen LogP contribution in [-0.2, 0) is 19.4 Å². The molecule has 2 atom stereocenters. The molecule has 33 heavy (non-hydrogen) atoms. The summed E-state index contributed by atoms with van der Waals surface area (Å²) in [6, 6.07) is 23.4. The van der Waals surface area contributed by atoms with Gasteiger partial charge < -0.3 is 24.8 Å². The standard InChI is InChI=1S/C27H28N2O3S/c1-30-21-9-10-22-20(15-21)8-11-24(23(22)13-18-5-3-2-4-6-18)29-27(33)28-16-19-7-12-25-26(14-19)32-17-31-25/h2-7,9-10,12,14-15,23-24H,8,11,13,16-17H2,1H3,(H2,28,29,33). The van der Waals surface area contributed by atoms with Crippen LogP contribution in [0.5, 0.6) is 17.2 Å². The van der Waals surface area contributed by atoms with Crippen molar-refractivity contribution in [3.8, 4) is 17.2 Å². The molecule has 5 rings (SSSR count). The van der Waals surface area contributed by atoms with Gasteiger partial charge in [0.15, 0.2) is 16.6 Å². The third-order valence-electron chi connectivity index (χ3n) is 6.46. The van der Waals surface area contributed by atoms with Crippen LogP contribution in [0.3, 0.4) is 0 Å². The lowest BCUT2D eigenvalue weighted by Gasteiger charge is -2.35. The minimum Gasteiger partial charge on any atom is -0.497 e. The molecule has 0 saturated carbocycles. The number of thiocarbonyl (C=S) groups is 1. The molecule has 0 amide bonds. The van der Waals surface area contributed by atoms with Crippen LogP contribution < -0.4 is 24.8 Å². The fourth-order valence-corrected chi connectivity index (χ4v) is 4.99. The Bertz CT molecular complexity index is 1140. The largest absolute Gasteiger partial charge is 0.497 e. The Balaban J connectivity index is 1.29. The zero-order valence-electron chi connectivity index (χ0n) is 18.7. The van der Waals surface area contributed by atoms with Crippen molar-refractivity contribution in [2.45, 2.75) is 37.8 Å². The van der Waals surface area contributed by atoms with Gasteiger partial charge in [-0.1, -0.05) is 42.5 Å². The smallest absolute Gasteiger partial charge is 0.231 e. The predicted octanol–water partition coefficient (Wildman–Crippen LogP) is 4.73. The first-order valence-electron chi connectivity index (χ1n) is 11.3. The lowest BCUT2D eigenvalue weighted by atomic mass is 9.76. The Kier molecular flexibility index (Phi) is 6.35. The highest BCUT2D eigenvalue weighted by Gasteiger charge is 2.30. The first-order valence-corrected chi connectivity index (χ1v) is 11.7. The first-order chi connectivity index (χ1) is 16.2. The Labute approximate surface area is 200 Å². The quantitative estimate of drug-likeness (QED) is 0.519. The molecule has 3 aromatic rings. The lowest BCUT2D eigenvalue weighted by Crippen LogP contribution is -2.46. The van der Waals surface area contributed by atoms with Gasteiger partial charge in [-0.15, -0.1) is 0 Å². The van der Waals surface area contributed by atoms with Crippen molar-refractivity contribution in [3.63, 3.8) is 0 Å². The van der Waals surface area contributed by atoms with Crippen LogP contribution in [0.15, 0.2) is 66.7 Å². The molecule has 1 aliphatic carbocycles. The molecule has 3 aromatic carbocycles. The Morgan fingerprint density at radius 3 is 2.70 bits per heavy atom. The molecule has 2 unspecified atom stereocenters. The minimum absolute atomic E-state index is 0.253. The Morgan fingerprint density at radius 1 is 1.00 bits per heavy atom. The molecule has 0 spiro atoms. The summed E-state index contributed by atoms with van der Waals surface area (Å²) in [5, 5.41) is 7.66. The second-order valence-corrected chi connectivity index (χ2v) is 8.93. The van der Waals surface area contributed by atoms with Crippen LogP contribution in [0.4, 0.5) is 0 Å². The van der Waals surface area contributed by atoms with Crippen LogP contribution in [-0.4, -0.2) is 25.1 Å². The molecule has 0 fully saturated rings. The molecule has 2 N–H and O–H groups in total. The van der Waals surface area contributed by atoms with Crippen LogP contribution in [0.1, 0.15) is 34.6 Å². The summed E-state index contributed by atoms with van der Waals surface area (Å²) in [4.78, 5) is 0. The van der Waals surface area contributed by atoms with E-state index in [9.17, 15) is 0 Å². The van der Waals surface area contributed by atoms with Crippen LogP contribution >= 0.6 is 12.2 Å². The SMILES string of the molecule is COc1ccc2c(c1)CCC(NC(=S)NCc1ccc3c(c1)OCO3)C2Cc1ccccc1. The minimum atomic E-state index is 0.253. The molecule has 1 heterocycles. The zero-order chi connectivity index (χ0) is 22.6. The third kappa shape index (κ3) is 4.91. The van der Waals surface area contributed by atoms with E-state index in [1.165, 1.54) is 16.7 Å². The predicted molar refractivity (Wildman–Crippen MR) is 133 cm³/mol. The highest BCUT2D eigenvalue weighted by Crippen LogP contribution is 2.36. The van der Waals surface area contributed by atoms with Gasteiger partial charge in [0.25, 0.3) is 0 Å². The summed E-state index contributed by atoms with van der Waals surface area (Å²) in [5.74, 6) is 2.82. The van der Waals surface area contributed by atoms with Crippen molar-refractivity contribution in [1.82, 2.24) is 10.6 Å². The number of ether oxygens (including phenoxy) is 3. The maximum absolute atomic E-state index is 5.69. The van der Waals surface area contributed by atoms with Gasteiger partial charge in [-0.3, -0.25) is 0 Å².